The average molecular weight is 376 g/mol. The van der Waals surface area contributed by atoms with E-state index in [4.69, 9.17) is 9.73 Å². The Bertz CT molecular complexity index is 595. The van der Waals surface area contributed by atoms with Crippen LogP contribution in [-0.2, 0) is 11.3 Å². The van der Waals surface area contributed by atoms with Crippen molar-refractivity contribution in [1.82, 2.24) is 20.5 Å². The molecule has 1 aliphatic rings. The molecular weight excluding hydrogens is 342 g/mol. The lowest BCUT2D eigenvalue weighted by Gasteiger charge is -2.34. The molecular formula is C20H33N5O2. The van der Waals surface area contributed by atoms with Crippen molar-refractivity contribution < 1.29 is 9.53 Å². The second kappa shape index (κ2) is 11.4. The van der Waals surface area contributed by atoms with Crippen LogP contribution in [0.4, 0.5) is 0 Å². The van der Waals surface area contributed by atoms with E-state index >= 15 is 0 Å². The minimum atomic E-state index is 0.132. The fraction of sp³-hybridized carbons (Fsp3) is 0.650. The van der Waals surface area contributed by atoms with Crippen LogP contribution in [0.25, 0.3) is 0 Å². The smallest absolute Gasteiger partial charge is 0.220 e. The van der Waals surface area contributed by atoms with E-state index in [1.54, 1.807) is 7.05 Å². The lowest BCUT2D eigenvalue weighted by molar-refractivity contribution is -0.121. The Morgan fingerprint density at radius 2 is 2.11 bits per heavy atom. The van der Waals surface area contributed by atoms with Gasteiger partial charge in [0.2, 0.25) is 11.8 Å². The highest BCUT2D eigenvalue weighted by molar-refractivity contribution is 5.80. The molecule has 1 aliphatic heterocycles. The highest BCUT2D eigenvalue weighted by atomic mass is 16.5. The lowest BCUT2D eigenvalue weighted by Crippen LogP contribution is -2.46. The summed E-state index contributed by atoms with van der Waals surface area (Å²) >= 11 is 0. The molecule has 0 saturated carbocycles. The number of hydrogen-bond donors (Lipinski definition) is 2. The summed E-state index contributed by atoms with van der Waals surface area (Å²) in [5.74, 6) is 2.19. The van der Waals surface area contributed by atoms with Gasteiger partial charge in [-0.1, -0.05) is 13.0 Å². The Morgan fingerprint density at radius 3 is 2.70 bits per heavy atom. The highest BCUT2D eigenvalue weighted by Crippen LogP contribution is 2.20. The quantitative estimate of drug-likeness (QED) is 0.538. The third-order valence-electron chi connectivity index (χ3n) is 4.66. The van der Waals surface area contributed by atoms with Crippen molar-refractivity contribution in [2.45, 2.75) is 46.1 Å². The van der Waals surface area contributed by atoms with Crippen LogP contribution in [0.1, 0.15) is 45.1 Å². The predicted molar refractivity (Wildman–Crippen MR) is 108 cm³/mol. The van der Waals surface area contributed by atoms with E-state index < -0.39 is 0 Å². The van der Waals surface area contributed by atoms with Crippen molar-refractivity contribution >= 4 is 11.9 Å². The largest absolute Gasteiger partial charge is 0.478 e. The van der Waals surface area contributed by atoms with Gasteiger partial charge in [-0.3, -0.25) is 4.79 Å². The lowest BCUT2D eigenvalue weighted by atomic mass is 9.93. The Kier molecular flexibility index (Phi) is 8.87. The van der Waals surface area contributed by atoms with E-state index in [9.17, 15) is 4.79 Å². The van der Waals surface area contributed by atoms with Crippen molar-refractivity contribution in [3.8, 4) is 5.88 Å². The number of aliphatic imine (C=N–C) groups is 1. The number of pyridine rings is 1. The molecule has 0 aliphatic carbocycles. The molecule has 2 N–H and O–H groups in total. The third kappa shape index (κ3) is 7.07. The standard InChI is InChI=1S/C20H33N5O2/c1-4-12-27-19-7-6-17(14-23-19)15-24-20(22-5-2)25-10-8-16(9-11-25)13-18(26)21-3/h6-7,14,16H,4-5,8-13,15H2,1-3H3,(H,21,26)(H,22,24). The van der Waals surface area contributed by atoms with Crippen LogP contribution in [-0.4, -0.2) is 55.0 Å². The monoisotopic (exact) mass is 375 g/mol. The van der Waals surface area contributed by atoms with E-state index in [1.807, 2.05) is 18.3 Å². The minimum absolute atomic E-state index is 0.132. The molecule has 0 spiro atoms. The van der Waals surface area contributed by atoms with Crippen molar-refractivity contribution in [3.63, 3.8) is 0 Å². The average Bonchev–Trinajstić information content (AvgIpc) is 2.71. The van der Waals surface area contributed by atoms with E-state index in [-0.39, 0.29) is 5.91 Å². The van der Waals surface area contributed by atoms with E-state index in [2.05, 4.69) is 34.4 Å². The van der Waals surface area contributed by atoms with Gasteiger partial charge < -0.3 is 20.3 Å². The van der Waals surface area contributed by atoms with Crippen LogP contribution < -0.4 is 15.4 Å². The molecule has 0 atom stereocenters. The number of rotatable bonds is 8. The topological polar surface area (TPSA) is 78.8 Å². The van der Waals surface area contributed by atoms with Gasteiger partial charge in [0, 0.05) is 45.4 Å². The minimum Gasteiger partial charge on any atom is -0.478 e. The Hall–Kier alpha value is -2.31. The maximum absolute atomic E-state index is 11.6. The molecule has 1 aromatic rings. The number of amides is 1. The van der Waals surface area contributed by atoms with Crippen LogP contribution in [0.15, 0.2) is 23.3 Å². The summed E-state index contributed by atoms with van der Waals surface area (Å²) in [5, 5.41) is 6.10. The maximum Gasteiger partial charge on any atom is 0.220 e. The Labute approximate surface area is 162 Å². The number of guanidine groups is 1. The molecule has 0 unspecified atom stereocenters. The summed E-state index contributed by atoms with van der Waals surface area (Å²) in [6.45, 7) is 8.11. The van der Waals surface area contributed by atoms with Gasteiger partial charge in [-0.25, -0.2) is 9.98 Å². The van der Waals surface area contributed by atoms with Crippen molar-refractivity contribution in [2.75, 3.05) is 33.3 Å². The zero-order valence-corrected chi connectivity index (χ0v) is 16.8. The molecule has 0 aromatic carbocycles. The third-order valence-corrected chi connectivity index (χ3v) is 4.66. The zero-order valence-electron chi connectivity index (χ0n) is 16.8. The van der Waals surface area contributed by atoms with E-state index in [1.165, 1.54) is 0 Å². The van der Waals surface area contributed by atoms with Gasteiger partial charge in [-0.15, -0.1) is 0 Å². The highest BCUT2D eigenvalue weighted by Gasteiger charge is 2.23. The maximum atomic E-state index is 11.6. The van der Waals surface area contributed by atoms with Crippen LogP contribution in [0.5, 0.6) is 5.88 Å². The van der Waals surface area contributed by atoms with Crippen LogP contribution in [0.3, 0.4) is 0 Å². The van der Waals surface area contributed by atoms with Gasteiger partial charge in [0.15, 0.2) is 5.96 Å². The van der Waals surface area contributed by atoms with Gasteiger partial charge in [0.05, 0.1) is 13.2 Å². The molecule has 7 nitrogen and oxygen atoms in total. The molecule has 2 rings (SSSR count). The SMILES string of the molecule is CCCOc1ccc(CN=C(NCC)N2CCC(CC(=O)NC)CC2)cn1. The van der Waals surface area contributed by atoms with Gasteiger partial charge in [-0.05, 0) is 37.7 Å². The molecule has 1 fully saturated rings. The summed E-state index contributed by atoms with van der Waals surface area (Å²) < 4.78 is 5.52. The summed E-state index contributed by atoms with van der Waals surface area (Å²) in [6.07, 6.45) is 5.45. The van der Waals surface area contributed by atoms with Crippen LogP contribution in [0.2, 0.25) is 0 Å². The first-order chi connectivity index (χ1) is 13.2. The van der Waals surface area contributed by atoms with Crippen molar-refractivity contribution in [2.24, 2.45) is 10.9 Å². The second-order valence-electron chi connectivity index (χ2n) is 6.83. The number of carbonyl (C=O) groups excluding carboxylic acids is 1. The summed E-state index contributed by atoms with van der Waals surface area (Å²) in [6, 6.07) is 3.92. The Balaban J connectivity index is 1.89. The number of nitrogens with one attached hydrogen (secondary N) is 2. The fourth-order valence-electron chi connectivity index (χ4n) is 3.10. The van der Waals surface area contributed by atoms with Crippen LogP contribution in [0, 0.1) is 5.92 Å². The molecule has 7 heteroatoms. The van der Waals surface area contributed by atoms with Gasteiger partial charge in [0.1, 0.15) is 0 Å². The molecule has 1 saturated heterocycles. The Morgan fingerprint density at radius 1 is 1.33 bits per heavy atom. The first kappa shape index (κ1) is 21.0. The molecule has 150 valence electrons. The van der Waals surface area contributed by atoms with Crippen molar-refractivity contribution in [1.29, 1.82) is 0 Å². The predicted octanol–water partition coefficient (Wildman–Crippen LogP) is 2.18. The van der Waals surface area contributed by atoms with E-state index in [0.29, 0.717) is 31.4 Å². The molecule has 1 amide bonds. The number of aromatic nitrogens is 1. The number of piperidine rings is 1. The van der Waals surface area contributed by atoms with Gasteiger partial charge >= 0.3 is 0 Å². The molecule has 0 bridgehead atoms. The van der Waals surface area contributed by atoms with E-state index in [0.717, 1.165) is 50.4 Å². The van der Waals surface area contributed by atoms with Gasteiger partial charge in [-0.2, -0.15) is 0 Å². The first-order valence-electron chi connectivity index (χ1n) is 9.97. The molecule has 2 heterocycles. The van der Waals surface area contributed by atoms with Crippen LogP contribution >= 0.6 is 0 Å². The molecule has 1 aromatic heterocycles. The summed E-state index contributed by atoms with van der Waals surface area (Å²) in [5.41, 5.74) is 1.06. The number of hydrogen-bond acceptors (Lipinski definition) is 4. The number of nitrogens with zero attached hydrogens (tertiary/aromatic N) is 3. The molecule has 0 radical (unpaired) electrons. The fourth-order valence-corrected chi connectivity index (χ4v) is 3.10. The zero-order chi connectivity index (χ0) is 19.5. The summed E-state index contributed by atoms with van der Waals surface area (Å²) in [7, 11) is 1.70. The second-order valence-corrected chi connectivity index (χ2v) is 6.83. The van der Waals surface area contributed by atoms with Gasteiger partial charge in [0.25, 0.3) is 0 Å². The van der Waals surface area contributed by atoms with Crippen molar-refractivity contribution in [3.05, 3.63) is 23.9 Å². The number of carbonyl (C=O) groups is 1. The normalized spacial score (nSPS) is 15.5. The number of ether oxygens (including phenoxy) is 1. The first-order valence-corrected chi connectivity index (χ1v) is 9.97. The molecule has 27 heavy (non-hydrogen) atoms. The summed E-state index contributed by atoms with van der Waals surface area (Å²) in [4.78, 5) is 23.0. The number of likely N-dealkylation sites (tertiary alicyclic amines) is 1.